The molecule has 3 heteroatoms. The van der Waals surface area contributed by atoms with Crippen LogP contribution < -0.4 is 0 Å². The van der Waals surface area contributed by atoms with E-state index in [-0.39, 0.29) is 11.4 Å². The molecule has 1 aliphatic carbocycles. The van der Waals surface area contributed by atoms with Gasteiger partial charge in [0.05, 0.1) is 12.5 Å². The summed E-state index contributed by atoms with van der Waals surface area (Å²) in [5.74, 6) is 0.369. The molecule has 1 fully saturated rings. The molecule has 92 valence electrons. The van der Waals surface area contributed by atoms with Crippen LogP contribution in [0.3, 0.4) is 0 Å². The van der Waals surface area contributed by atoms with E-state index in [1.807, 2.05) is 0 Å². The summed E-state index contributed by atoms with van der Waals surface area (Å²) in [5.41, 5.74) is 1.97. The zero-order chi connectivity index (χ0) is 12.6. The van der Waals surface area contributed by atoms with Gasteiger partial charge in [0.25, 0.3) is 0 Å². The molecule has 1 aromatic rings. The minimum Gasteiger partial charge on any atom is -0.468 e. The fourth-order valence-corrected chi connectivity index (χ4v) is 3.06. The first-order valence-corrected chi connectivity index (χ1v) is 6.69. The molecule has 0 N–H and O–H groups in total. The Morgan fingerprint density at radius 2 is 2.06 bits per heavy atom. The standard InChI is InChI=1S/C14H17BrO2/c1-9(2)11-5-4-10(8-12(11)15)14(6-7-14)13(16)17-3/h4-5,8-9H,6-7H2,1-3H3. The van der Waals surface area contributed by atoms with Crippen molar-refractivity contribution in [3.63, 3.8) is 0 Å². The van der Waals surface area contributed by atoms with E-state index >= 15 is 0 Å². The number of hydrogen-bond donors (Lipinski definition) is 0. The van der Waals surface area contributed by atoms with Crippen molar-refractivity contribution in [3.8, 4) is 0 Å². The van der Waals surface area contributed by atoms with Crippen LogP contribution in [-0.4, -0.2) is 13.1 Å². The van der Waals surface area contributed by atoms with Crippen LogP contribution in [0.2, 0.25) is 0 Å². The first-order chi connectivity index (χ1) is 8.01. The smallest absolute Gasteiger partial charge is 0.316 e. The van der Waals surface area contributed by atoms with Crippen molar-refractivity contribution >= 4 is 21.9 Å². The van der Waals surface area contributed by atoms with Crippen molar-refractivity contribution in [3.05, 3.63) is 33.8 Å². The highest BCUT2D eigenvalue weighted by molar-refractivity contribution is 9.10. The maximum Gasteiger partial charge on any atom is 0.316 e. The van der Waals surface area contributed by atoms with Gasteiger partial charge < -0.3 is 4.74 Å². The van der Waals surface area contributed by atoms with Crippen LogP contribution in [0.5, 0.6) is 0 Å². The molecule has 1 aromatic carbocycles. The van der Waals surface area contributed by atoms with Crippen LogP contribution in [0.25, 0.3) is 0 Å². The quantitative estimate of drug-likeness (QED) is 0.794. The normalized spacial score (nSPS) is 17.0. The highest BCUT2D eigenvalue weighted by Crippen LogP contribution is 2.50. The van der Waals surface area contributed by atoms with Crippen LogP contribution in [0.15, 0.2) is 22.7 Å². The molecule has 0 heterocycles. The molecule has 0 spiro atoms. The van der Waals surface area contributed by atoms with Gasteiger partial charge in [-0.3, -0.25) is 4.79 Å². The molecule has 0 atom stereocenters. The van der Waals surface area contributed by atoms with Gasteiger partial charge in [0, 0.05) is 4.47 Å². The average Bonchev–Trinajstić information content (AvgIpc) is 3.08. The van der Waals surface area contributed by atoms with Crippen LogP contribution in [-0.2, 0) is 14.9 Å². The summed E-state index contributed by atoms with van der Waals surface area (Å²) >= 11 is 3.59. The summed E-state index contributed by atoms with van der Waals surface area (Å²) in [5, 5.41) is 0. The molecule has 1 saturated carbocycles. The van der Waals surface area contributed by atoms with E-state index in [4.69, 9.17) is 4.74 Å². The number of hydrogen-bond acceptors (Lipinski definition) is 2. The van der Waals surface area contributed by atoms with E-state index < -0.39 is 0 Å². The molecule has 0 amide bonds. The van der Waals surface area contributed by atoms with Crippen LogP contribution in [0, 0.1) is 0 Å². The van der Waals surface area contributed by atoms with Gasteiger partial charge in [-0.1, -0.05) is 41.9 Å². The summed E-state index contributed by atoms with van der Waals surface area (Å²) in [6.07, 6.45) is 1.79. The molecule has 0 aromatic heterocycles. The zero-order valence-electron chi connectivity index (χ0n) is 10.4. The molecule has 2 nitrogen and oxygen atoms in total. The van der Waals surface area contributed by atoms with Gasteiger partial charge in [-0.25, -0.2) is 0 Å². The lowest BCUT2D eigenvalue weighted by molar-refractivity contribution is -0.143. The molecule has 0 radical (unpaired) electrons. The Labute approximate surface area is 110 Å². The Morgan fingerprint density at radius 3 is 2.47 bits per heavy atom. The minimum atomic E-state index is -0.368. The zero-order valence-corrected chi connectivity index (χ0v) is 12.0. The second kappa shape index (κ2) is 4.45. The molecule has 2 rings (SSSR count). The van der Waals surface area contributed by atoms with Crippen LogP contribution >= 0.6 is 15.9 Å². The van der Waals surface area contributed by atoms with E-state index in [1.54, 1.807) is 0 Å². The Balaban J connectivity index is 2.36. The molecule has 1 aliphatic rings. The Morgan fingerprint density at radius 1 is 1.41 bits per heavy atom. The van der Waals surface area contributed by atoms with Gasteiger partial charge in [0.2, 0.25) is 0 Å². The summed E-state index contributed by atoms with van der Waals surface area (Å²) < 4.78 is 5.98. The third-order valence-electron chi connectivity index (χ3n) is 3.50. The number of ether oxygens (including phenoxy) is 1. The third kappa shape index (κ3) is 2.13. The fraction of sp³-hybridized carbons (Fsp3) is 0.500. The van der Waals surface area contributed by atoms with Crippen molar-refractivity contribution in [1.29, 1.82) is 0 Å². The first kappa shape index (κ1) is 12.6. The van der Waals surface area contributed by atoms with Crippen molar-refractivity contribution in [2.24, 2.45) is 0 Å². The van der Waals surface area contributed by atoms with E-state index in [0.717, 1.165) is 22.9 Å². The SMILES string of the molecule is COC(=O)C1(c2ccc(C(C)C)c(Br)c2)CC1. The largest absolute Gasteiger partial charge is 0.468 e. The lowest BCUT2D eigenvalue weighted by Crippen LogP contribution is -2.21. The second-order valence-corrected chi connectivity index (χ2v) is 5.82. The molecule has 0 unspecified atom stereocenters. The lowest BCUT2D eigenvalue weighted by atomic mass is 9.93. The average molecular weight is 297 g/mol. The number of esters is 1. The summed E-state index contributed by atoms with van der Waals surface area (Å²) in [6, 6.07) is 6.23. The van der Waals surface area contributed by atoms with Crippen molar-refractivity contribution < 1.29 is 9.53 Å². The number of methoxy groups -OCH3 is 1. The summed E-state index contributed by atoms with van der Waals surface area (Å²) in [4.78, 5) is 11.8. The van der Waals surface area contributed by atoms with Crippen LogP contribution in [0.1, 0.15) is 43.7 Å². The summed E-state index contributed by atoms with van der Waals surface area (Å²) in [6.45, 7) is 4.32. The maximum atomic E-state index is 11.8. The second-order valence-electron chi connectivity index (χ2n) is 4.96. The maximum absolute atomic E-state index is 11.8. The number of carbonyl (C=O) groups excluding carboxylic acids is 1. The highest BCUT2D eigenvalue weighted by Gasteiger charge is 2.52. The highest BCUT2D eigenvalue weighted by atomic mass is 79.9. The Bertz CT molecular complexity index is 448. The Kier molecular flexibility index (Phi) is 3.30. The third-order valence-corrected chi connectivity index (χ3v) is 4.19. The number of benzene rings is 1. The summed E-state index contributed by atoms with van der Waals surface area (Å²) in [7, 11) is 1.46. The van der Waals surface area contributed by atoms with E-state index in [0.29, 0.717) is 5.92 Å². The van der Waals surface area contributed by atoms with Gasteiger partial charge in [-0.2, -0.15) is 0 Å². The van der Waals surface area contributed by atoms with E-state index in [9.17, 15) is 4.79 Å². The lowest BCUT2D eigenvalue weighted by Gasteiger charge is -2.16. The first-order valence-electron chi connectivity index (χ1n) is 5.89. The van der Waals surface area contributed by atoms with Crippen molar-refractivity contribution in [2.75, 3.05) is 7.11 Å². The molecule has 0 aliphatic heterocycles. The van der Waals surface area contributed by atoms with Crippen LogP contribution in [0.4, 0.5) is 0 Å². The molecular formula is C14H17BrO2. The number of carbonyl (C=O) groups is 1. The molecule has 0 saturated heterocycles. The predicted molar refractivity (Wildman–Crippen MR) is 71.2 cm³/mol. The minimum absolute atomic E-state index is 0.110. The topological polar surface area (TPSA) is 26.3 Å². The molecule has 0 bridgehead atoms. The Hall–Kier alpha value is -0.830. The molecular weight excluding hydrogens is 280 g/mol. The van der Waals surface area contributed by atoms with Gasteiger partial charge in [0.1, 0.15) is 0 Å². The van der Waals surface area contributed by atoms with Crippen molar-refractivity contribution in [1.82, 2.24) is 0 Å². The van der Waals surface area contributed by atoms with E-state index in [1.165, 1.54) is 12.7 Å². The fourth-order valence-electron chi connectivity index (χ4n) is 2.22. The van der Waals surface area contributed by atoms with Gasteiger partial charge in [0.15, 0.2) is 0 Å². The predicted octanol–water partition coefficient (Wildman–Crippen LogP) is 3.78. The van der Waals surface area contributed by atoms with Gasteiger partial charge in [-0.05, 0) is 36.0 Å². The van der Waals surface area contributed by atoms with Gasteiger partial charge in [-0.15, -0.1) is 0 Å². The molecule has 17 heavy (non-hydrogen) atoms. The monoisotopic (exact) mass is 296 g/mol. The number of rotatable bonds is 3. The van der Waals surface area contributed by atoms with E-state index in [2.05, 4.69) is 48.0 Å². The number of halogens is 1. The van der Waals surface area contributed by atoms with Crippen molar-refractivity contribution in [2.45, 2.75) is 38.0 Å². The van der Waals surface area contributed by atoms with Gasteiger partial charge >= 0.3 is 5.97 Å².